The third-order valence-corrected chi connectivity index (χ3v) is 4.47. The second-order valence-corrected chi connectivity index (χ2v) is 6.80. The van der Waals surface area contributed by atoms with Gasteiger partial charge in [0.1, 0.15) is 0 Å². The van der Waals surface area contributed by atoms with E-state index >= 15 is 0 Å². The molecule has 1 heterocycles. The molecule has 0 fully saturated rings. The number of aromatic nitrogens is 2. The van der Waals surface area contributed by atoms with Crippen molar-refractivity contribution in [3.8, 4) is 0 Å². The Morgan fingerprint density at radius 2 is 1.92 bits per heavy atom. The Morgan fingerprint density at radius 1 is 1.24 bits per heavy atom. The van der Waals surface area contributed by atoms with Crippen LogP contribution in [0.3, 0.4) is 0 Å². The maximum atomic E-state index is 11.2. The predicted octanol–water partition coefficient (Wildman–Crippen LogP) is 0.593. The van der Waals surface area contributed by atoms with Gasteiger partial charge < -0.3 is 10.6 Å². The van der Waals surface area contributed by atoms with E-state index < -0.39 is 10.0 Å². The second kappa shape index (κ2) is 9.73. The molecule has 0 saturated heterocycles. The summed E-state index contributed by atoms with van der Waals surface area (Å²) in [4.78, 5) is 4.28. The Balaban J connectivity index is 0.00000312. The van der Waals surface area contributed by atoms with E-state index in [9.17, 15) is 8.42 Å². The molecule has 0 bridgehead atoms. The SMILES string of the molecule is CN=C(NCCc1ccc(S(N)(=O)=O)cc1)NCc1ccnn1C.I. The van der Waals surface area contributed by atoms with Crippen LogP contribution in [-0.2, 0) is 30.0 Å². The summed E-state index contributed by atoms with van der Waals surface area (Å²) in [6.45, 7) is 1.29. The zero-order chi connectivity index (χ0) is 17.6. The standard InChI is InChI=1S/C15H22N6O2S.HI/c1-17-15(19-11-13-8-10-20-21(13)2)18-9-7-12-3-5-14(6-4-12)24(16,22)23;/h3-6,8,10H,7,9,11H2,1-2H3,(H2,16,22,23)(H2,17,18,19);1H. The van der Waals surface area contributed by atoms with Crippen LogP contribution in [0.4, 0.5) is 0 Å². The molecular weight excluding hydrogens is 455 g/mol. The number of nitrogens with two attached hydrogens (primary N) is 1. The van der Waals surface area contributed by atoms with Crippen LogP contribution in [0, 0.1) is 0 Å². The van der Waals surface area contributed by atoms with Crippen molar-refractivity contribution in [3.63, 3.8) is 0 Å². The largest absolute Gasteiger partial charge is 0.356 e. The van der Waals surface area contributed by atoms with Crippen LogP contribution in [0.1, 0.15) is 11.3 Å². The highest BCUT2D eigenvalue weighted by Gasteiger charge is 2.06. The number of nitrogens with one attached hydrogen (secondary N) is 2. The van der Waals surface area contributed by atoms with Crippen molar-refractivity contribution in [1.29, 1.82) is 0 Å². The van der Waals surface area contributed by atoms with Crippen LogP contribution in [0.5, 0.6) is 0 Å². The quantitative estimate of drug-likeness (QED) is 0.320. The average molecular weight is 478 g/mol. The summed E-state index contributed by atoms with van der Waals surface area (Å²) in [6, 6.07) is 8.48. The average Bonchev–Trinajstić information content (AvgIpc) is 2.95. The molecule has 0 amide bonds. The zero-order valence-corrected chi connectivity index (χ0v) is 17.3. The minimum Gasteiger partial charge on any atom is -0.356 e. The van der Waals surface area contributed by atoms with Crippen LogP contribution in [0.15, 0.2) is 46.4 Å². The Bertz CT molecular complexity index is 802. The van der Waals surface area contributed by atoms with Gasteiger partial charge in [-0.1, -0.05) is 12.1 Å². The fourth-order valence-corrected chi connectivity index (χ4v) is 2.66. The van der Waals surface area contributed by atoms with Gasteiger partial charge in [-0.2, -0.15) is 5.10 Å². The van der Waals surface area contributed by atoms with Crippen molar-refractivity contribution < 1.29 is 8.42 Å². The number of halogens is 1. The van der Waals surface area contributed by atoms with Crippen LogP contribution >= 0.6 is 24.0 Å². The first kappa shape index (κ1) is 21.4. The molecule has 25 heavy (non-hydrogen) atoms. The van der Waals surface area contributed by atoms with Crippen LogP contribution in [0.2, 0.25) is 0 Å². The third-order valence-electron chi connectivity index (χ3n) is 3.54. The van der Waals surface area contributed by atoms with Gasteiger partial charge in [0.2, 0.25) is 10.0 Å². The van der Waals surface area contributed by atoms with Gasteiger partial charge >= 0.3 is 0 Å². The number of aryl methyl sites for hydroxylation is 1. The molecule has 0 spiro atoms. The molecule has 1 aromatic carbocycles. The van der Waals surface area contributed by atoms with Gasteiger partial charge in [-0.15, -0.1) is 24.0 Å². The van der Waals surface area contributed by atoms with Gasteiger partial charge in [0.15, 0.2) is 5.96 Å². The van der Waals surface area contributed by atoms with E-state index in [0.717, 1.165) is 17.7 Å². The number of guanidine groups is 1. The van der Waals surface area contributed by atoms with E-state index in [0.29, 0.717) is 19.0 Å². The second-order valence-electron chi connectivity index (χ2n) is 5.24. The number of hydrogen-bond acceptors (Lipinski definition) is 4. The van der Waals surface area contributed by atoms with Gasteiger partial charge in [-0.05, 0) is 30.2 Å². The van der Waals surface area contributed by atoms with E-state index in [-0.39, 0.29) is 28.9 Å². The van der Waals surface area contributed by atoms with Crippen molar-refractivity contribution in [2.75, 3.05) is 13.6 Å². The zero-order valence-electron chi connectivity index (χ0n) is 14.1. The monoisotopic (exact) mass is 478 g/mol. The normalized spacial score (nSPS) is 11.7. The number of primary sulfonamides is 1. The smallest absolute Gasteiger partial charge is 0.238 e. The van der Waals surface area contributed by atoms with E-state index in [1.54, 1.807) is 30.1 Å². The molecule has 138 valence electrons. The fourth-order valence-electron chi connectivity index (χ4n) is 2.14. The molecular formula is C15H23IN6O2S. The number of aliphatic imine (C=N–C) groups is 1. The number of hydrogen-bond donors (Lipinski definition) is 3. The number of benzene rings is 1. The minimum atomic E-state index is -3.64. The van der Waals surface area contributed by atoms with Crippen molar-refractivity contribution in [2.24, 2.45) is 17.2 Å². The molecule has 2 aromatic rings. The molecule has 1 aromatic heterocycles. The van der Waals surface area contributed by atoms with Crippen LogP contribution in [0.25, 0.3) is 0 Å². The lowest BCUT2D eigenvalue weighted by Gasteiger charge is -2.12. The van der Waals surface area contributed by atoms with Gasteiger partial charge in [0.05, 0.1) is 17.1 Å². The highest BCUT2D eigenvalue weighted by Crippen LogP contribution is 2.08. The Hall–Kier alpha value is -1.66. The number of rotatable bonds is 6. The first-order chi connectivity index (χ1) is 11.4. The van der Waals surface area contributed by atoms with E-state index in [1.165, 1.54) is 12.1 Å². The molecule has 2 rings (SSSR count). The molecule has 0 atom stereocenters. The predicted molar refractivity (Wildman–Crippen MR) is 108 cm³/mol. The highest BCUT2D eigenvalue weighted by molar-refractivity contribution is 14.0. The minimum absolute atomic E-state index is 0. The molecule has 8 nitrogen and oxygen atoms in total. The molecule has 10 heteroatoms. The summed E-state index contributed by atoms with van der Waals surface area (Å²) in [5.74, 6) is 0.692. The van der Waals surface area contributed by atoms with E-state index in [4.69, 9.17) is 5.14 Å². The molecule has 0 aliphatic rings. The molecule has 4 N–H and O–H groups in total. The van der Waals surface area contributed by atoms with Gasteiger partial charge in [0, 0.05) is 26.8 Å². The van der Waals surface area contributed by atoms with Crippen molar-refractivity contribution in [3.05, 3.63) is 47.8 Å². The number of sulfonamides is 1. The Morgan fingerprint density at radius 3 is 2.44 bits per heavy atom. The number of nitrogens with zero attached hydrogens (tertiary/aromatic N) is 3. The first-order valence-corrected chi connectivity index (χ1v) is 8.98. The Kier molecular flexibility index (Phi) is 8.32. The summed E-state index contributed by atoms with van der Waals surface area (Å²) in [7, 11) is -0.0466. The molecule has 0 saturated carbocycles. The summed E-state index contributed by atoms with van der Waals surface area (Å²) in [6.07, 6.45) is 2.48. The van der Waals surface area contributed by atoms with E-state index in [2.05, 4.69) is 20.7 Å². The van der Waals surface area contributed by atoms with Crippen LogP contribution in [-0.4, -0.2) is 37.8 Å². The first-order valence-electron chi connectivity index (χ1n) is 7.43. The maximum absolute atomic E-state index is 11.2. The van der Waals surface area contributed by atoms with Gasteiger partial charge in [-0.25, -0.2) is 13.6 Å². The van der Waals surface area contributed by atoms with Crippen molar-refractivity contribution in [1.82, 2.24) is 20.4 Å². The maximum Gasteiger partial charge on any atom is 0.238 e. The molecule has 0 radical (unpaired) electrons. The van der Waals surface area contributed by atoms with Crippen molar-refractivity contribution in [2.45, 2.75) is 17.9 Å². The summed E-state index contributed by atoms with van der Waals surface area (Å²) in [5, 5.41) is 15.6. The van der Waals surface area contributed by atoms with Gasteiger partial charge in [-0.3, -0.25) is 9.67 Å². The summed E-state index contributed by atoms with van der Waals surface area (Å²) >= 11 is 0. The third kappa shape index (κ3) is 6.63. The van der Waals surface area contributed by atoms with Crippen molar-refractivity contribution >= 4 is 40.0 Å². The molecule has 0 unspecified atom stereocenters. The lowest BCUT2D eigenvalue weighted by molar-refractivity contribution is 0.598. The lowest BCUT2D eigenvalue weighted by Crippen LogP contribution is -2.38. The topological polar surface area (TPSA) is 114 Å². The molecule has 0 aliphatic heterocycles. The summed E-state index contributed by atoms with van der Waals surface area (Å²) < 4.78 is 24.2. The highest BCUT2D eigenvalue weighted by atomic mass is 127. The van der Waals surface area contributed by atoms with Crippen LogP contribution < -0.4 is 15.8 Å². The molecule has 0 aliphatic carbocycles. The fraction of sp³-hybridized carbons (Fsp3) is 0.333. The van der Waals surface area contributed by atoms with E-state index in [1.807, 2.05) is 13.1 Å². The lowest BCUT2D eigenvalue weighted by atomic mass is 10.1. The Labute approximate surface area is 165 Å². The summed E-state index contributed by atoms with van der Waals surface area (Å²) in [5.41, 5.74) is 2.06. The van der Waals surface area contributed by atoms with Gasteiger partial charge in [0.25, 0.3) is 0 Å².